The van der Waals surface area contributed by atoms with Gasteiger partial charge < -0.3 is 35.1 Å². The molecule has 1 aliphatic rings. The number of hydrogen-bond donors (Lipinski definition) is 4. The maximum atomic E-state index is 14.2. The maximum Gasteiger partial charge on any atom is 0.338 e. The summed E-state index contributed by atoms with van der Waals surface area (Å²) in [7, 11) is 0. The first-order valence-electron chi connectivity index (χ1n) is 17.2. The second-order valence-corrected chi connectivity index (χ2v) is 12.0. The highest BCUT2D eigenvalue weighted by molar-refractivity contribution is 6.32. The molecule has 0 radical (unpaired) electrons. The third kappa shape index (κ3) is 8.15. The molecule has 0 aliphatic heterocycles. The van der Waals surface area contributed by atoms with Gasteiger partial charge in [-0.05, 0) is 87.0 Å². The van der Waals surface area contributed by atoms with Crippen LogP contribution in [0.5, 0.6) is 17.2 Å². The van der Waals surface area contributed by atoms with E-state index in [1.807, 2.05) is 0 Å². The number of phenolic OH excluding ortho intramolecular Hbond substituents is 2. The van der Waals surface area contributed by atoms with E-state index in [0.29, 0.717) is 40.3 Å². The molecule has 0 heterocycles. The number of benzene rings is 4. The van der Waals surface area contributed by atoms with Crippen molar-refractivity contribution in [2.45, 2.75) is 59.3 Å². The molecular weight excluding hydrogens is 652 g/mol. The molecule has 1 aliphatic carbocycles. The summed E-state index contributed by atoms with van der Waals surface area (Å²) in [5.41, 5.74) is 1.73. The Morgan fingerprint density at radius 2 is 1.14 bits per heavy atom. The fourth-order valence-electron chi connectivity index (χ4n) is 5.89. The fraction of sp³-hybridized carbons (Fsp3) is 0.300. The molecule has 4 aromatic rings. The van der Waals surface area contributed by atoms with Crippen LogP contribution in [0.2, 0.25) is 0 Å². The molecule has 0 fully saturated rings. The predicted molar refractivity (Wildman–Crippen MR) is 193 cm³/mol. The molecule has 0 amide bonds. The first kappa shape index (κ1) is 36.4. The van der Waals surface area contributed by atoms with E-state index < -0.39 is 35.0 Å². The van der Waals surface area contributed by atoms with E-state index in [1.165, 1.54) is 18.2 Å². The van der Waals surface area contributed by atoms with Crippen LogP contribution in [0.1, 0.15) is 112 Å². The number of anilines is 4. The summed E-state index contributed by atoms with van der Waals surface area (Å²) in [6, 6.07) is 16.9. The van der Waals surface area contributed by atoms with Crippen molar-refractivity contribution in [3.63, 3.8) is 0 Å². The number of aromatic hydroxyl groups is 2. The molecule has 4 N–H and O–H groups in total. The Hall–Kier alpha value is -5.84. The number of carbonyl (C=O) groups is 4. The Labute approximate surface area is 296 Å². The predicted octanol–water partition coefficient (Wildman–Crippen LogP) is 8.45. The van der Waals surface area contributed by atoms with Gasteiger partial charge in [-0.2, -0.15) is 0 Å². The van der Waals surface area contributed by atoms with Gasteiger partial charge in [0.25, 0.3) is 0 Å². The third-order valence-corrected chi connectivity index (χ3v) is 8.45. The minimum absolute atomic E-state index is 0.0276. The van der Waals surface area contributed by atoms with Gasteiger partial charge in [-0.3, -0.25) is 9.59 Å². The highest BCUT2D eigenvalue weighted by Crippen LogP contribution is 2.47. The van der Waals surface area contributed by atoms with E-state index in [9.17, 15) is 29.4 Å². The Morgan fingerprint density at radius 1 is 0.627 bits per heavy atom. The SMILES string of the molecule is CCCCCCCCOc1c(Nc2ccc(C(=O)OCC)cc2)c(Nc2ccc(C(=O)OCC)cc2)cc2c1C(=O)c1c(O)ccc(O)c1C2=O. The van der Waals surface area contributed by atoms with E-state index in [0.717, 1.165) is 32.1 Å². The number of phenols is 2. The van der Waals surface area contributed by atoms with Gasteiger partial charge >= 0.3 is 11.9 Å². The van der Waals surface area contributed by atoms with Crippen LogP contribution >= 0.6 is 0 Å². The molecule has 5 rings (SSSR count). The molecule has 0 bridgehead atoms. The molecular formula is C40H42N2O9. The van der Waals surface area contributed by atoms with Crippen LogP contribution in [0.15, 0.2) is 66.7 Å². The van der Waals surface area contributed by atoms with Crippen LogP contribution in [0.25, 0.3) is 0 Å². The average Bonchev–Trinajstić information content (AvgIpc) is 3.12. The number of ketones is 2. The van der Waals surface area contributed by atoms with Crippen molar-refractivity contribution in [3.05, 3.63) is 100 Å². The van der Waals surface area contributed by atoms with Crippen molar-refractivity contribution < 1.29 is 43.6 Å². The van der Waals surface area contributed by atoms with Crippen LogP contribution in [-0.2, 0) is 9.47 Å². The Kier molecular flexibility index (Phi) is 11.9. The molecule has 0 aromatic heterocycles. The Bertz CT molecular complexity index is 1920. The highest BCUT2D eigenvalue weighted by Gasteiger charge is 2.39. The van der Waals surface area contributed by atoms with Crippen molar-refractivity contribution in [3.8, 4) is 17.2 Å². The van der Waals surface area contributed by atoms with Crippen LogP contribution in [0.4, 0.5) is 22.7 Å². The summed E-state index contributed by atoms with van der Waals surface area (Å²) < 4.78 is 16.6. The van der Waals surface area contributed by atoms with Crippen molar-refractivity contribution in [2.75, 3.05) is 30.5 Å². The van der Waals surface area contributed by atoms with Crippen LogP contribution in [0, 0.1) is 0 Å². The fourth-order valence-corrected chi connectivity index (χ4v) is 5.89. The number of rotatable bonds is 16. The Morgan fingerprint density at radius 3 is 1.69 bits per heavy atom. The number of carbonyl (C=O) groups excluding carboxylic acids is 4. The van der Waals surface area contributed by atoms with Gasteiger partial charge in [0.15, 0.2) is 11.5 Å². The lowest BCUT2D eigenvalue weighted by Crippen LogP contribution is -2.23. The number of esters is 2. The molecule has 0 saturated heterocycles. The molecule has 11 heteroatoms. The largest absolute Gasteiger partial charge is 0.507 e. The first-order chi connectivity index (χ1) is 24.7. The summed E-state index contributed by atoms with van der Waals surface area (Å²) >= 11 is 0. The summed E-state index contributed by atoms with van der Waals surface area (Å²) in [5, 5.41) is 28.0. The zero-order valence-electron chi connectivity index (χ0n) is 29.0. The second kappa shape index (κ2) is 16.7. The van der Waals surface area contributed by atoms with Crippen LogP contribution < -0.4 is 15.4 Å². The lowest BCUT2D eigenvalue weighted by Gasteiger charge is -2.26. The quantitative estimate of drug-likeness (QED) is 0.0446. The minimum Gasteiger partial charge on any atom is -0.507 e. The standard InChI is InChI=1S/C40H42N2O9/c1-4-7-8-9-10-11-22-51-38-32-28(36(45)33-30(43)20-21-31(44)34(33)37(32)46)23-29(41-26-16-12-24(13-17-26)39(47)49-5-2)35(38)42-27-18-14-25(15-19-27)40(48)50-6-3/h12-21,23,41-44H,4-11,22H2,1-3H3. The monoisotopic (exact) mass is 694 g/mol. The number of nitrogens with one attached hydrogen (secondary N) is 2. The Balaban J connectivity index is 1.63. The topological polar surface area (TPSA) is 160 Å². The molecule has 4 aromatic carbocycles. The molecule has 11 nitrogen and oxygen atoms in total. The van der Waals surface area contributed by atoms with Gasteiger partial charge in [-0.15, -0.1) is 0 Å². The van der Waals surface area contributed by atoms with Gasteiger partial charge in [-0.1, -0.05) is 39.0 Å². The lowest BCUT2D eigenvalue weighted by atomic mass is 9.81. The summed E-state index contributed by atoms with van der Waals surface area (Å²) in [4.78, 5) is 52.9. The van der Waals surface area contributed by atoms with Crippen molar-refractivity contribution in [1.82, 2.24) is 0 Å². The molecule has 0 saturated carbocycles. The van der Waals surface area contributed by atoms with E-state index >= 15 is 0 Å². The zero-order valence-corrected chi connectivity index (χ0v) is 29.0. The third-order valence-electron chi connectivity index (χ3n) is 8.45. The van der Waals surface area contributed by atoms with E-state index in [4.69, 9.17) is 14.2 Å². The van der Waals surface area contributed by atoms with E-state index in [2.05, 4.69) is 17.6 Å². The van der Waals surface area contributed by atoms with Gasteiger partial charge in [0.1, 0.15) is 17.2 Å². The molecule has 266 valence electrons. The molecule has 51 heavy (non-hydrogen) atoms. The maximum absolute atomic E-state index is 14.2. The minimum atomic E-state index is -0.683. The van der Waals surface area contributed by atoms with E-state index in [1.54, 1.807) is 62.4 Å². The molecule has 0 spiro atoms. The zero-order chi connectivity index (χ0) is 36.5. The number of ether oxygens (including phenoxy) is 3. The number of fused-ring (bicyclic) bond motifs is 2. The van der Waals surface area contributed by atoms with Gasteiger partial charge in [0.05, 0.1) is 53.3 Å². The second-order valence-electron chi connectivity index (χ2n) is 12.0. The number of hydrogen-bond acceptors (Lipinski definition) is 11. The molecule has 0 unspecified atom stereocenters. The van der Waals surface area contributed by atoms with Gasteiger partial charge in [0, 0.05) is 16.9 Å². The van der Waals surface area contributed by atoms with Crippen molar-refractivity contribution in [2.24, 2.45) is 0 Å². The molecule has 0 atom stereocenters. The smallest absolute Gasteiger partial charge is 0.338 e. The first-order valence-corrected chi connectivity index (χ1v) is 17.2. The normalized spacial score (nSPS) is 11.7. The van der Waals surface area contributed by atoms with Gasteiger partial charge in [-0.25, -0.2) is 9.59 Å². The number of unbranched alkanes of at least 4 members (excludes halogenated alkanes) is 5. The highest BCUT2D eigenvalue weighted by atomic mass is 16.5. The van der Waals surface area contributed by atoms with Gasteiger partial charge in [0.2, 0.25) is 5.78 Å². The van der Waals surface area contributed by atoms with Crippen molar-refractivity contribution >= 4 is 46.3 Å². The summed E-state index contributed by atoms with van der Waals surface area (Å²) in [6.07, 6.45) is 5.96. The average molecular weight is 695 g/mol. The lowest BCUT2D eigenvalue weighted by molar-refractivity contribution is 0.0517. The van der Waals surface area contributed by atoms with E-state index in [-0.39, 0.29) is 47.8 Å². The van der Waals surface area contributed by atoms with Crippen LogP contribution in [0.3, 0.4) is 0 Å². The van der Waals surface area contributed by atoms with Crippen molar-refractivity contribution in [1.29, 1.82) is 0 Å². The van der Waals surface area contributed by atoms with Crippen LogP contribution in [-0.4, -0.2) is 53.5 Å². The summed E-state index contributed by atoms with van der Waals surface area (Å²) in [5.74, 6) is -3.09. The summed E-state index contributed by atoms with van der Waals surface area (Å²) in [6.45, 7) is 6.28.